The molecule has 1 heterocycles. The van der Waals surface area contributed by atoms with Crippen LogP contribution in [0, 0.1) is 5.92 Å². The highest BCUT2D eigenvalue weighted by atomic mass is 127. The van der Waals surface area contributed by atoms with Crippen molar-refractivity contribution < 1.29 is 9.53 Å². The Balaban J connectivity index is 0.00000361. The molecule has 120 valence electrons. The van der Waals surface area contributed by atoms with Gasteiger partial charge in [-0.1, -0.05) is 26.7 Å². The van der Waals surface area contributed by atoms with Crippen molar-refractivity contribution in [2.75, 3.05) is 26.2 Å². The first-order valence-corrected chi connectivity index (χ1v) is 7.08. The van der Waals surface area contributed by atoms with Crippen LogP contribution < -0.4 is 16.8 Å². The molecular formula is C13H29IN4O2. The Morgan fingerprint density at radius 3 is 2.60 bits per heavy atom. The zero-order chi connectivity index (χ0) is 14.5. The molecule has 2 atom stereocenters. The van der Waals surface area contributed by atoms with Gasteiger partial charge in [0.1, 0.15) is 0 Å². The number of nitrogens with two attached hydrogens (primary N) is 2. The summed E-state index contributed by atoms with van der Waals surface area (Å²) < 4.78 is 5.85. The summed E-state index contributed by atoms with van der Waals surface area (Å²) in [5.41, 5.74) is 10.4. The van der Waals surface area contributed by atoms with Gasteiger partial charge in [-0.2, -0.15) is 0 Å². The minimum atomic E-state index is -0.804. The Morgan fingerprint density at radius 1 is 1.50 bits per heavy atom. The van der Waals surface area contributed by atoms with Gasteiger partial charge in [0, 0.05) is 19.6 Å². The van der Waals surface area contributed by atoms with E-state index in [-0.39, 0.29) is 30.1 Å². The largest absolute Gasteiger partial charge is 0.375 e. The van der Waals surface area contributed by atoms with Crippen molar-refractivity contribution in [3.63, 3.8) is 0 Å². The van der Waals surface area contributed by atoms with Crippen molar-refractivity contribution in [3.8, 4) is 0 Å². The molecule has 1 saturated heterocycles. The molecule has 0 aliphatic carbocycles. The fourth-order valence-electron chi connectivity index (χ4n) is 2.76. The number of halogens is 1. The third-order valence-corrected chi connectivity index (χ3v) is 3.71. The van der Waals surface area contributed by atoms with E-state index < -0.39 is 11.7 Å². The Morgan fingerprint density at radius 2 is 2.10 bits per heavy atom. The fourth-order valence-corrected chi connectivity index (χ4v) is 2.76. The summed E-state index contributed by atoms with van der Waals surface area (Å²) in [6.07, 6.45) is 2.50. The number of carbonyl (C=O) groups excluding carboxylic acids is 1. The van der Waals surface area contributed by atoms with Crippen LogP contribution in [0.1, 0.15) is 33.6 Å². The van der Waals surface area contributed by atoms with Gasteiger partial charge in [-0.05, 0) is 12.8 Å². The SMILES string of the molecule is CCC(CC)C1CN(CC(C)(N)NC(N)=O)CCO1.I. The summed E-state index contributed by atoms with van der Waals surface area (Å²) in [5, 5.41) is 2.57. The first kappa shape index (κ1) is 19.9. The van der Waals surface area contributed by atoms with E-state index >= 15 is 0 Å². The highest BCUT2D eigenvalue weighted by Crippen LogP contribution is 2.20. The van der Waals surface area contributed by atoms with E-state index in [0.29, 0.717) is 19.1 Å². The maximum atomic E-state index is 10.9. The van der Waals surface area contributed by atoms with Crippen molar-refractivity contribution in [2.24, 2.45) is 17.4 Å². The van der Waals surface area contributed by atoms with Crippen LogP contribution >= 0.6 is 24.0 Å². The fraction of sp³-hybridized carbons (Fsp3) is 0.923. The first-order chi connectivity index (χ1) is 8.88. The lowest BCUT2D eigenvalue weighted by atomic mass is 9.95. The van der Waals surface area contributed by atoms with Crippen LogP contribution in [0.2, 0.25) is 0 Å². The number of hydrogen-bond acceptors (Lipinski definition) is 4. The number of nitrogens with zero attached hydrogens (tertiary/aromatic N) is 1. The maximum Gasteiger partial charge on any atom is 0.313 e. The molecule has 1 fully saturated rings. The molecule has 1 aliphatic rings. The van der Waals surface area contributed by atoms with Crippen molar-refractivity contribution in [1.29, 1.82) is 0 Å². The van der Waals surface area contributed by atoms with Crippen LogP contribution in [0.3, 0.4) is 0 Å². The molecule has 0 spiro atoms. The van der Waals surface area contributed by atoms with Gasteiger partial charge in [0.2, 0.25) is 0 Å². The van der Waals surface area contributed by atoms with Crippen LogP contribution in [0.25, 0.3) is 0 Å². The highest BCUT2D eigenvalue weighted by Gasteiger charge is 2.30. The Hall–Kier alpha value is -0.120. The van der Waals surface area contributed by atoms with Crippen molar-refractivity contribution >= 4 is 30.0 Å². The number of ether oxygens (including phenoxy) is 1. The first-order valence-electron chi connectivity index (χ1n) is 7.08. The minimum Gasteiger partial charge on any atom is -0.375 e. The maximum absolute atomic E-state index is 10.9. The Labute approximate surface area is 139 Å². The molecule has 0 radical (unpaired) electrons. The standard InChI is InChI=1S/C13H28N4O2.HI/c1-4-10(5-2)11-8-17(6-7-19-11)9-13(3,15)16-12(14)18;/h10-11H,4-9,15H2,1-3H3,(H3,14,16,18);1H. The van der Waals surface area contributed by atoms with E-state index in [1.165, 1.54) is 0 Å². The predicted octanol–water partition coefficient (Wildman–Crippen LogP) is 1.08. The number of morpholine rings is 1. The van der Waals surface area contributed by atoms with E-state index in [9.17, 15) is 4.79 Å². The third-order valence-electron chi connectivity index (χ3n) is 3.71. The third kappa shape index (κ3) is 6.55. The second-order valence-corrected chi connectivity index (χ2v) is 5.63. The summed E-state index contributed by atoms with van der Waals surface area (Å²) in [6.45, 7) is 9.16. The quantitative estimate of drug-likeness (QED) is 0.460. The van der Waals surface area contributed by atoms with Gasteiger partial charge in [-0.15, -0.1) is 24.0 Å². The lowest BCUT2D eigenvalue weighted by Gasteiger charge is -2.40. The highest BCUT2D eigenvalue weighted by molar-refractivity contribution is 14.0. The van der Waals surface area contributed by atoms with E-state index in [4.69, 9.17) is 16.2 Å². The van der Waals surface area contributed by atoms with Crippen LogP contribution in [0.5, 0.6) is 0 Å². The number of hydrogen-bond donors (Lipinski definition) is 3. The second kappa shape index (κ2) is 9.01. The molecular weight excluding hydrogens is 371 g/mol. The summed E-state index contributed by atoms with van der Waals surface area (Å²) >= 11 is 0. The summed E-state index contributed by atoms with van der Waals surface area (Å²) in [4.78, 5) is 13.1. The van der Waals surface area contributed by atoms with Crippen molar-refractivity contribution in [2.45, 2.75) is 45.4 Å². The van der Waals surface area contributed by atoms with Crippen molar-refractivity contribution in [3.05, 3.63) is 0 Å². The summed E-state index contributed by atoms with van der Waals surface area (Å²) in [7, 11) is 0. The second-order valence-electron chi connectivity index (χ2n) is 5.63. The zero-order valence-electron chi connectivity index (χ0n) is 12.7. The van der Waals surface area contributed by atoms with Crippen molar-refractivity contribution in [1.82, 2.24) is 10.2 Å². The number of rotatable bonds is 6. The number of nitrogens with one attached hydrogen (secondary N) is 1. The van der Waals surface area contributed by atoms with Gasteiger partial charge in [0.25, 0.3) is 0 Å². The Kier molecular flexibility index (Phi) is 8.96. The van der Waals surface area contributed by atoms with Gasteiger partial charge in [-0.25, -0.2) is 4.79 Å². The molecule has 5 N–H and O–H groups in total. The zero-order valence-corrected chi connectivity index (χ0v) is 15.1. The van der Waals surface area contributed by atoms with E-state index in [1.807, 2.05) is 0 Å². The monoisotopic (exact) mass is 400 g/mol. The van der Waals surface area contributed by atoms with Crippen LogP contribution in [0.15, 0.2) is 0 Å². The van der Waals surface area contributed by atoms with Crippen LogP contribution in [-0.4, -0.2) is 48.9 Å². The molecule has 0 saturated carbocycles. The molecule has 1 rings (SSSR count). The summed E-state index contributed by atoms with van der Waals surface area (Å²) in [6, 6.07) is -0.588. The topological polar surface area (TPSA) is 93.6 Å². The minimum absolute atomic E-state index is 0. The van der Waals surface area contributed by atoms with Crippen LogP contribution in [0.4, 0.5) is 4.79 Å². The molecule has 7 heteroatoms. The molecule has 0 bridgehead atoms. The molecule has 0 aromatic rings. The number of carbonyl (C=O) groups is 1. The van der Waals surface area contributed by atoms with E-state index in [2.05, 4.69) is 24.1 Å². The number of primary amides is 1. The Bertz CT molecular complexity index is 298. The summed E-state index contributed by atoms with van der Waals surface area (Å²) in [5.74, 6) is 0.580. The van der Waals surface area contributed by atoms with E-state index in [1.54, 1.807) is 6.92 Å². The molecule has 1 aliphatic heterocycles. The van der Waals surface area contributed by atoms with Gasteiger partial charge < -0.3 is 21.5 Å². The molecule has 6 nitrogen and oxygen atoms in total. The van der Waals surface area contributed by atoms with Gasteiger partial charge in [-0.3, -0.25) is 4.90 Å². The number of urea groups is 1. The average Bonchev–Trinajstić information content (AvgIpc) is 2.28. The van der Waals surface area contributed by atoms with E-state index in [0.717, 1.165) is 25.9 Å². The van der Waals surface area contributed by atoms with Gasteiger partial charge >= 0.3 is 6.03 Å². The molecule has 0 aromatic carbocycles. The lowest BCUT2D eigenvalue weighted by molar-refractivity contribution is -0.0639. The normalized spacial score (nSPS) is 22.9. The molecule has 0 aromatic heterocycles. The number of amides is 2. The van der Waals surface area contributed by atoms with Crippen LogP contribution in [-0.2, 0) is 4.74 Å². The predicted molar refractivity (Wildman–Crippen MR) is 91.0 cm³/mol. The van der Waals surface area contributed by atoms with Gasteiger partial charge in [0.05, 0.1) is 18.4 Å². The molecule has 20 heavy (non-hydrogen) atoms. The smallest absolute Gasteiger partial charge is 0.313 e. The lowest BCUT2D eigenvalue weighted by Crippen LogP contribution is -2.63. The molecule has 2 unspecified atom stereocenters. The van der Waals surface area contributed by atoms with Gasteiger partial charge in [0.15, 0.2) is 0 Å². The molecule has 2 amide bonds. The average molecular weight is 400 g/mol.